The molecule has 0 amide bonds. The van der Waals surface area contributed by atoms with E-state index in [0.717, 1.165) is 41.6 Å². The molecular formula is C16H23N3OS. The molecule has 21 heavy (non-hydrogen) atoms. The molecule has 2 rings (SSSR count). The summed E-state index contributed by atoms with van der Waals surface area (Å²) in [4.78, 5) is 0. The van der Waals surface area contributed by atoms with Crippen molar-refractivity contribution in [1.82, 2.24) is 15.5 Å². The lowest BCUT2D eigenvalue weighted by atomic mass is 10.1. The zero-order valence-electron chi connectivity index (χ0n) is 12.9. The van der Waals surface area contributed by atoms with Crippen LogP contribution >= 0.6 is 11.3 Å². The highest BCUT2D eigenvalue weighted by Crippen LogP contribution is 2.15. The molecule has 0 saturated carbocycles. The first-order valence-corrected chi connectivity index (χ1v) is 8.16. The van der Waals surface area contributed by atoms with Crippen LogP contribution in [0.3, 0.4) is 0 Å². The first kappa shape index (κ1) is 15.9. The molecule has 0 saturated heterocycles. The van der Waals surface area contributed by atoms with Gasteiger partial charge in [-0.2, -0.15) is 0 Å². The van der Waals surface area contributed by atoms with Gasteiger partial charge in [-0.15, -0.1) is 21.5 Å². The molecule has 0 bridgehead atoms. The number of aromatic nitrogens is 2. The van der Waals surface area contributed by atoms with Crippen LogP contribution in [0.2, 0.25) is 0 Å². The maximum absolute atomic E-state index is 5.16. The summed E-state index contributed by atoms with van der Waals surface area (Å²) in [5.41, 5.74) is 1.30. The van der Waals surface area contributed by atoms with E-state index in [1.807, 2.05) is 12.1 Å². The van der Waals surface area contributed by atoms with Crippen LogP contribution < -0.4 is 10.1 Å². The molecule has 0 fully saturated rings. The molecule has 2 aromatic rings. The SMILES string of the molecule is COc1ccc(CCc2nnc(CCNC(C)C)s2)cc1. The van der Waals surface area contributed by atoms with Gasteiger partial charge in [0.25, 0.3) is 0 Å². The van der Waals surface area contributed by atoms with Gasteiger partial charge in [0.05, 0.1) is 7.11 Å². The summed E-state index contributed by atoms with van der Waals surface area (Å²) >= 11 is 1.72. The van der Waals surface area contributed by atoms with Crippen molar-refractivity contribution in [1.29, 1.82) is 0 Å². The Kier molecular flexibility index (Phi) is 6.14. The highest BCUT2D eigenvalue weighted by molar-refractivity contribution is 7.11. The van der Waals surface area contributed by atoms with Gasteiger partial charge in [0.2, 0.25) is 0 Å². The van der Waals surface area contributed by atoms with Gasteiger partial charge in [0.15, 0.2) is 0 Å². The first-order chi connectivity index (χ1) is 10.2. The highest BCUT2D eigenvalue weighted by Gasteiger charge is 2.05. The fourth-order valence-electron chi connectivity index (χ4n) is 2.00. The number of rotatable bonds is 8. The predicted octanol–water partition coefficient (Wildman–Crippen LogP) is 2.87. The number of benzene rings is 1. The Morgan fingerprint density at radius 2 is 1.71 bits per heavy atom. The van der Waals surface area contributed by atoms with E-state index < -0.39 is 0 Å². The van der Waals surface area contributed by atoms with Gasteiger partial charge >= 0.3 is 0 Å². The van der Waals surface area contributed by atoms with Gasteiger partial charge < -0.3 is 10.1 Å². The standard InChI is InChI=1S/C16H23N3OS/c1-12(2)17-11-10-16-19-18-15(21-16)9-6-13-4-7-14(20-3)8-5-13/h4-5,7-8,12,17H,6,9-11H2,1-3H3. The molecule has 5 heteroatoms. The van der Waals surface area contributed by atoms with E-state index in [1.54, 1.807) is 18.4 Å². The number of methoxy groups -OCH3 is 1. The van der Waals surface area contributed by atoms with E-state index >= 15 is 0 Å². The summed E-state index contributed by atoms with van der Waals surface area (Å²) in [6.07, 6.45) is 2.89. The summed E-state index contributed by atoms with van der Waals surface area (Å²) in [5.74, 6) is 0.898. The van der Waals surface area contributed by atoms with E-state index in [1.165, 1.54) is 5.56 Å². The Labute approximate surface area is 130 Å². The largest absolute Gasteiger partial charge is 0.497 e. The maximum Gasteiger partial charge on any atom is 0.118 e. The maximum atomic E-state index is 5.16. The Morgan fingerprint density at radius 1 is 1.05 bits per heavy atom. The Hall–Kier alpha value is -1.46. The Morgan fingerprint density at radius 3 is 2.33 bits per heavy atom. The third kappa shape index (κ3) is 5.44. The lowest BCUT2D eigenvalue weighted by molar-refractivity contribution is 0.414. The first-order valence-electron chi connectivity index (χ1n) is 7.35. The number of aryl methyl sites for hydroxylation is 2. The van der Waals surface area contributed by atoms with Crippen LogP contribution in [0.5, 0.6) is 5.75 Å². The minimum absolute atomic E-state index is 0.521. The Balaban J connectivity index is 1.79. The number of ether oxygens (including phenoxy) is 1. The van der Waals surface area contributed by atoms with Gasteiger partial charge in [-0.05, 0) is 24.1 Å². The number of nitrogens with one attached hydrogen (secondary N) is 1. The van der Waals surface area contributed by atoms with Crippen molar-refractivity contribution in [2.75, 3.05) is 13.7 Å². The van der Waals surface area contributed by atoms with E-state index in [2.05, 4.69) is 41.5 Å². The zero-order chi connectivity index (χ0) is 15.1. The molecule has 0 aliphatic rings. The van der Waals surface area contributed by atoms with Crippen molar-refractivity contribution in [3.05, 3.63) is 39.8 Å². The van der Waals surface area contributed by atoms with Crippen molar-refractivity contribution in [3.8, 4) is 5.75 Å². The third-order valence-corrected chi connectivity index (χ3v) is 4.23. The lowest BCUT2D eigenvalue weighted by Crippen LogP contribution is -2.24. The molecule has 0 aliphatic heterocycles. The van der Waals surface area contributed by atoms with Gasteiger partial charge in [0.1, 0.15) is 15.8 Å². The number of hydrogen-bond acceptors (Lipinski definition) is 5. The average molecular weight is 305 g/mol. The molecule has 0 aliphatic carbocycles. The molecule has 1 aromatic carbocycles. The third-order valence-electron chi connectivity index (χ3n) is 3.19. The van der Waals surface area contributed by atoms with Gasteiger partial charge in [-0.25, -0.2) is 0 Å². The molecule has 0 atom stereocenters. The van der Waals surface area contributed by atoms with E-state index in [0.29, 0.717) is 6.04 Å². The van der Waals surface area contributed by atoms with Crippen molar-refractivity contribution in [2.24, 2.45) is 0 Å². The topological polar surface area (TPSA) is 47.0 Å². The minimum atomic E-state index is 0.521. The zero-order valence-corrected chi connectivity index (χ0v) is 13.7. The number of nitrogens with zero attached hydrogens (tertiary/aromatic N) is 2. The smallest absolute Gasteiger partial charge is 0.118 e. The number of hydrogen-bond donors (Lipinski definition) is 1. The minimum Gasteiger partial charge on any atom is -0.497 e. The van der Waals surface area contributed by atoms with Crippen LogP contribution in [-0.2, 0) is 19.3 Å². The second-order valence-electron chi connectivity index (χ2n) is 5.30. The normalized spacial score (nSPS) is 11.0. The van der Waals surface area contributed by atoms with E-state index in [4.69, 9.17) is 4.74 Å². The van der Waals surface area contributed by atoms with Gasteiger partial charge in [0, 0.05) is 25.4 Å². The van der Waals surface area contributed by atoms with E-state index in [-0.39, 0.29) is 0 Å². The predicted molar refractivity (Wildman–Crippen MR) is 87.2 cm³/mol. The molecule has 0 spiro atoms. The van der Waals surface area contributed by atoms with Crippen LogP contribution in [-0.4, -0.2) is 29.9 Å². The Bertz CT molecular complexity index is 537. The molecule has 114 valence electrons. The molecule has 4 nitrogen and oxygen atoms in total. The van der Waals surface area contributed by atoms with Crippen LogP contribution in [0.4, 0.5) is 0 Å². The molecule has 0 unspecified atom stereocenters. The van der Waals surface area contributed by atoms with Crippen LogP contribution in [0.1, 0.15) is 29.4 Å². The molecule has 1 heterocycles. The molecule has 1 N–H and O–H groups in total. The fraction of sp³-hybridized carbons (Fsp3) is 0.500. The highest BCUT2D eigenvalue weighted by atomic mass is 32.1. The van der Waals surface area contributed by atoms with Crippen LogP contribution in [0, 0.1) is 0 Å². The lowest BCUT2D eigenvalue weighted by Gasteiger charge is -2.05. The van der Waals surface area contributed by atoms with Crippen LogP contribution in [0.15, 0.2) is 24.3 Å². The summed E-state index contributed by atoms with van der Waals surface area (Å²) in [7, 11) is 1.69. The summed E-state index contributed by atoms with van der Waals surface area (Å²) in [6, 6.07) is 8.73. The summed E-state index contributed by atoms with van der Waals surface area (Å²) in [5, 5.41) is 14.2. The molecular weight excluding hydrogens is 282 g/mol. The molecule has 0 radical (unpaired) electrons. The van der Waals surface area contributed by atoms with E-state index in [9.17, 15) is 0 Å². The average Bonchev–Trinajstić information content (AvgIpc) is 2.93. The second-order valence-corrected chi connectivity index (χ2v) is 6.44. The van der Waals surface area contributed by atoms with Crippen molar-refractivity contribution in [3.63, 3.8) is 0 Å². The summed E-state index contributed by atoms with van der Waals surface area (Å²) < 4.78 is 5.16. The summed E-state index contributed by atoms with van der Waals surface area (Å²) in [6.45, 7) is 5.27. The van der Waals surface area contributed by atoms with Crippen molar-refractivity contribution >= 4 is 11.3 Å². The van der Waals surface area contributed by atoms with Gasteiger partial charge in [-0.1, -0.05) is 26.0 Å². The fourth-order valence-corrected chi connectivity index (χ4v) is 2.85. The van der Waals surface area contributed by atoms with Crippen LogP contribution in [0.25, 0.3) is 0 Å². The van der Waals surface area contributed by atoms with Crippen molar-refractivity contribution in [2.45, 2.75) is 39.2 Å². The van der Waals surface area contributed by atoms with Crippen molar-refractivity contribution < 1.29 is 4.74 Å². The van der Waals surface area contributed by atoms with Gasteiger partial charge in [-0.3, -0.25) is 0 Å². The monoisotopic (exact) mass is 305 g/mol. The molecule has 1 aromatic heterocycles. The quantitative estimate of drug-likeness (QED) is 0.814. The second kappa shape index (κ2) is 8.10.